The lowest BCUT2D eigenvalue weighted by Gasteiger charge is -2.47. The summed E-state index contributed by atoms with van der Waals surface area (Å²) in [6, 6.07) is 8.36. The summed E-state index contributed by atoms with van der Waals surface area (Å²) in [5.41, 5.74) is 2.12. The molecule has 0 saturated carbocycles. The largest absolute Gasteiger partial charge is 0.469 e. The van der Waals surface area contributed by atoms with Gasteiger partial charge in [-0.3, -0.25) is 4.79 Å². The lowest BCUT2D eigenvalue weighted by atomic mass is 9.87. The van der Waals surface area contributed by atoms with Gasteiger partial charge < -0.3 is 57.6 Å². The van der Waals surface area contributed by atoms with Crippen LogP contribution in [0.5, 0.6) is 0 Å². The zero-order valence-corrected chi connectivity index (χ0v) is 36.6. The molecule has 0 aliphatic carbocycles. The number of fused-ring (bicyclic) bond motifs is 1. The zero-order chi connectivity index (χ0) is 43.3. The van der Waals surface area contributed by atoms with E-state index in [4.69, 9.17) is 47.4 Å². The van der Waals surface area contributed by atoms with Crippen molar-refractivity contribution in [1.82, 2.24) is 0 Å². The van der Waals surface area contributed by atoms with Gasteiger partial charge in [-0.05, 0) is 69.1 Å². The molecule has 2 N–H and O–H groups in total. The highest BCUT2D eigenvalue weighted by atomic mass is 32.2. The van der Waals surface area contributed by atoms with E-state index in [1.165, 1.54) is 14.2 Å². The first kappa shape index (κ1) is 44.9. The third kappa shape index (κ3) is 9.23. The van der Waals surface area contributed by atoms with Crippen molar-refractivity contribution in [2.45, 2.75) is 192 Å². The molecule has 15 nitrogen and oxygen atoms in total. The van der Waals surface area contributed by atoms with Crippen molar-refractivity contribution in [3.8, 4) is 0 Å². The fraction of sp³-hybridized carbons (Fsp3) is 0.761. The minimum Gasteiger partial charge on any atom is -0.469 e. The molecule has 0 aromatic heterocycles. The predicted molar refractivity (Wildman–Crippen MR) is 221 cm³/mol. The molecule has 344 valence electrons. The Morgan fingerprint density at radius 3 is 2.34 bits per heavy atom. The Kier molecular flexibility index (Phi) is 13.4. The van der Waals surface area contributed by atoms with Gasteiger partial charge in [0, 0.05) is 38.7 Å². The van der Waals surface area contributed by atoms with Crippen molar-refractivity contribution in [2.75, 3.05) is 26.6 Å². The zero-order valence-electron chi connectivity index (χ0n) is 35.8. The number of aliphatic hydroxyl groups excluding tert-OH is 2. The van der Waals surface area contributed by atoms with Gasteiger partial charge in [0.15, 0.2) is 15.6 Å². The molecular formula is C46H64O15S. The van der Waals surface area contributed by atoms with Crippen LogP contribution >= 0.6 is 0 Å². The third-order valence-corrected chi connectivity index (χ3v) is 16.4. The van der Waals surface area contributed by atoms with Crippen molar-refractivity contribution in [3.63, 3.8) is 0 Å². The van der Waals surface area contributed by atoms with Crippen molar-refractivity contribution in [3.05, 3.63) is 54.6 Å². The third-order valence-electron chi connectivity index (χ3n) is 14.6. The van der Waals surface area contributed by atoms with Crippen LogP contribution in [0.1, 0.15) is 83.5 Å². The number of rotatable bonds is 17. The van der Waals surface area contributed by atoms with Gasteiger partial charge in [0.25, 0.3) is 0 Å². The summed E-state index contributed by atoms with van der Waals surface area (Å²) in [7, 11) is -0.774. The van der Waals surface area contributed by atoms with Gasteiger partial charge >= 0.3 is 5.97 Å². The highest BCUT2D eigenvalue weighted by Gasteiger charge is 2.68. The van der Waals surface area contributed by atoms with Crippen LogP contribution in [-0.2, 0) is 62.0 Å². The van der Waals surface area contributed by atoms with E-state index >= 15 is 0 Å². The van der Waals surface area contributed by atoms with Crippen LogP contribution < -0.4 is 0 Å². The summed E-state index contributed by atoms with van der Waals surface area (Å²) in [5, 5.41) is 19.9. The smallest absolute Gasteiger partial charge is 0.308 e. The summed E-state index contributed by atoms with van der Waals surface area (Å²) < 4.78 is 91.1. The van der Waals surface area contributed by atoms with Crippen molar-refractivity contribution >= 4 is 15.8 Å². The first-order valence-corrected chi connectivity index (χ1v) is 24.3. The van der Waals surface area contributed by atoms with E-state index in [0.717, 1.165) is 43.3 Å². The maximum atomic E-state index is 13.6. The van der Waals surface area contributed by atoms with E-state index in [2.05, 4.69) is 13.2 Å². The molecule has 9 aliphatic heterocycles. The lowest BCUT2D eigenvalue weighted by Crippen LogP contribution is -2.61. The molecule has 18 atom stereocenters. The van der Waals surface area contributed by atoms with Gasteiger partial charge in [-0.15, -0.1) is 0 Å². The second-order valence-corrected chi connectivity index (χ2v) is 20.9. The lowest BCUT2D eigenvalue weighted by molar-refractivity contribution is -0.293. The number of aliphatic hydroxyl groups is 2. The predicted octanol–water partition coefficient (Wildman–Crippen LogP) is 3.90. The van der Waals surface area contributed by atoms with E-state index in [9.17, 15) is 23.4 Å². The minimum atomic E-state index is -3.69. The second kappa shape index (κ2) is 18.5. The van der Waals surface area contributed by atoms with E-state index in [0.29, 0.717) is 38.5 Å². The fourth-order valence-corrected chi connectivity index (χ4v) is 13.4. The number of carbonyl (C=O) groups excluding carboxylic acids is 1. The monoisotopic (exact) mass is 888 g/mol. The molecule has 9 saturated heterocycles. The van der Waals surface area contributed by atoms with Gasteiger partial charge in [0.05, 0.1) is 97.9 Å². The van der Waals surface area contributed by atoms with Crippen LogP contribution in [0.4, 0.5) is 0 Å². The number of carbonyl (C=O) groups is 1. The van der Waals surface area contributed by atoms with Gasteiger partial charge in [0.1, 0.15) is 30.5 Å². The number of methoxy groups -OCH3 is 2. The summed E-state index contributed by atoms with van der Waals surface area (Å²) >= 11 is 0. The molecule has 6 unspecified atom stereocenters. The number of sulfone groups is 1. The molecule has 9 aliphatic rings. The molecule has 9 heterocycles. The van der Waals surface area contributed by atoms with Crippen LogP contribution in [0.2, 0.25) is 0 Å². The van der Waals surface area contributed by atoms with E-state index in [1.807, 2.05) is 0 Å². The average molecular weight is 889 g/mol. The number of benzene rings is 1. The van der Waals surface area contributed by atoms with Crippen LogP contribution in [0.15, 0.2) is 59.5 Å². The molecule has 1 aromatic carbocycles. The molecule has 6 bridgehead atoms. The average Bonchev–Trinajstić information content (AvgIpc) is 3.93. The van der Waals surface area contributed by atoms with Crippen LogP contribution in [0.25, 0.3) is 0 Å². The van der Waals surface area contributed by atoms with Crippen LogP contribution in [0, 0.1) is 5.92 Å². The normalized spacial score (nSPS) is 42.8. The van der Waals surface area contributed by atoms with Crippen molar-refractivity contribution < 1.29 is 70.8 Å². The molecule has 16 heteroatoms. The SMILES string of the molecule is C=C1CC(CCC2OC(CC[C@@]34C[C@H]5O[C@H]6[C@@H](O3)[C@H]3O[C@@H](CC(=O)OC)CC[C@@H]3O[C@H]6[C@H]5O4)CC2=C)O[C@@H](CC2OC(CC(O)CO)[C@H](OC)[C@H]2CS(=O)(=O)c2ccccc2)C1. The van der Waals surface area contributed by atoms with Gasteiger partial charge in [-0.25, -0.2) is 8.42 Å². The van der Waals surface area contributed by atoms with Crippen LogP contribution in [0.3, 0.4) is 0 Å². The van der Waals surface area contributed by atoms with Crippen LogP contribution in [-0.4, -0.2) is 155 Å². The minimum absolute atomic E-state index is 0.0457. The Morgan fingerprint density at radius 1 is 0.823 bits per heavy atom. The number of hydrogen-bond acceptors (Lipinski definition) is 15. The number of esters is 1. The summed E-state index contributed by atoms with van der Waals surface area (Å²) in [6.07, 6.45) is 2.47. The summed E-state index contributed by atoms with van der Waals surface area (Å²) in [5.74, 6) is -1.86. The van der Waals surface area contributed by atoms with Gasteiger partial charge in [0.2, 0.25) is 0 Å². The maximum Gasteiger partial charge on any atom is 0.308 e. The van der Waals surface area contributed by atoms with Gasteiger partial charge in [-0.1, -0.05) is 36.9 Å². The number of hydrogen-bond donors (Lipinski definition) is 2. The Morgan fingerprint density at radius 2 is 1.56 bits per heavy atom. The Labute approximate surface area is 364 Å². The molecule has 1 aromatic rings. The number of ether oxygens (including phenoxy) is 10. The van der Waals surface area contributed by atoms with Crippen molar-refractivity contribution in [1.29, 1.82) is 0 Å². The molecular weight excluding hydrogens is 825 g/mol. The molecule has 9 fully saturated rings. The first-order valence-electron chi connectivity index (χ1n) is 22.6. The molecule has 62 heavy (non-hydrogen) atoms. The molecule has 0 spiro atoms. The fourth-order valence-electron chi connectivity index (χ4n) is 11.7. The Balaban J connectivity index is 0.794. The van der Waals surface area contributed by atoms with E-state index < -0.39 is 52.6 Å². The summed E-state index contributed by atoms with van der Waals surface area (Å²) in [4.78, 5) is 12.3. The second-order valence-electron chi connectivity index (χ2n) is 18.9. The quantitative estimate of drug-likeness (QED) is 0.170. The molecule has 10 rings (SSSR count). The van der Waals surface area contributed by atoms with Crippen molar-refractivity contribution in [2.24, 2.45) is 5.92 Å². The Hall–Kier alpha value is -2.32. The van der Waals surface area contributed by atoms with Gasteiger partial charge in [-0.2, -0.15) is 0 Å². The highest BCUT2D eigenvalue weighted by molar-refractivity contribution is 7.91. The maximum absolute atomic E-state index is 13.6. The first-order chi connectivity index (χ1) is 29.8. The Bertz CT molecular complexity index is 1880. The highest BCUT2D eigenvalue weighted by Crippen LogP contribution is 2.54. The molecule has 0 radical (unpaired) electrons. The topological polar surface area (TPSA) is 184 Å². The van der Waals surface area contributed by atoms with E-state index in [1.54, 1.807) is 30.3 Å². The summed E-state index contributed by atoms with van der Waals surface area (Å²) in [6.45, 7) is 8.33. The molecule has 0 amide bonds. The standard InChI is InChI=1S/C46H64O15S/c1-25-16-28(54-31(17-25)20-36-33(24-62(50,51)32-8-6-5-7-9-32)40(53-4)37(57-36)19-27(48)23-47)10-12-34-26(2)18-30(55-34)14-15-46-22-38-42(60-46)43-44(59-38)45(61-46)41-35(58-43)13-11-29(56-41)21-39(49)52-3/h5-9,27-31,33-38,40-45,47-48H,1-2,10-24H2,3-4H3/t27?,28?,29-,30?,31-,33+,34?,35+,36?,37?,38-,40-,41+,42+,43+,44-,45+,46+/m1/s1. The van der Waals surface area contributed by atoms with E-state index in [-0.39, 0.29) is 103 Å².